The van der Waals surface area contributed by atoms with Gasteiger partial charge in [-0.3, -0.25) is 0 Å². The van der Waals surface area contributed by atoms with E-state index in [2.05, 4.69) is 5.32 Å². The highest BCUT2D eigenvalue weighted by Gasteiger charge is 2.30. The molecule has 6 heteroatoms. The van der Waals surface area contributed by atoms with E-state index in [1.807, 2.05) is 0 Å². The lowest BCUT2D eigenvalue weighted by Gasteiger charge is -2.22. The fourth-order valence-corrected chi connectivity index (χ4v) is 1.74. The summed E-state index contributed by atoms with van der Waals surface area (Å²) in [4.78, 5) is 11.6. The van der Waals surface area contributed by atoms with Crippen molar-refractivity contribution in [1.29, 1.82) is 0 Å². The van der Waals surface area contributed by atoms with E-state index >= 15 is 0 Å². The minimum Gasteiger partial charge on any atom is -0.444 e. The summed E-state index contributed by atoms with van der Waals surface area (Å²) in [6.45, 7) is 7.04. The van der Waals surface area contributed by atoms with Crippen molar-refractivity contribution in [2.75, 3.05) is 0 Å². The van der Waals surface area contributed by atoms with E-state index in [1.165, 1.54) is 12.1 Å². The molecule has 0 aromatic heterocycles. The van der Waals surface area contributed by atoms with Crippen LogP contribution in [-0.2, 0) is 17.3 Å². The van der Waals surface area contributed by atoms with Crippen molar-refractivity contribution in [3.05, 3.63) is 35.4 Å². The first-order valence-electron chi connectivity index (χ1n) is 6.63. The highest BCUT2D eigenvalue weighted by molar-refractivity contribution is 5.68. The van der Waals surface area contributed by atoms with Crippen molar-refractivity contribution in [2.45, 2.75) is 51.9 Å². The zero-order valence-corrected chi connectivity index (χ0v) is 12.5. The number of carbonyl (C=O) groups excluding carboxylic acids is 1. The Morgan fingerprint density at radius 2 is 1.71 bits per heavy atom. The van der Waals surface area contributed by atoms with Crippen LogP contribution < -0.4 is 5.32 Å². The first-order chi connectivity index (χ1) is 9.47. The molecule has 1 rings (SSSR count). The van der Waals surface area contributed by atoms with Crippen molar-refractivity contribution in [2.24, 2.45) is 0 Å². The molecule has 21 heavy (non-hydrogen) atoms. The van der Waals surface area contributed by atoms with E-state index in [-0.39, 0.29) is 6.04 Å². The normalized spacial score (nSPS) is 13.7. The molecule has 0 fully saturated rings. The van der Waals surface area contributed by atoms with E-state index in [1.54, 1.807) is 27.7 Å². The topological polar surface area (TPSA) is 38.3 Å². The predicted octanol–water partition coefficient (Wildman–Crippen LogP) is 4.16. The van der Waals surface area contributed by atoms with Gasteiger partial charge in [0, 0.05) is 6.04 Å². The van der Waals surface area contributed by atoms with Crippen LogP contribution in [0.3, 0.4) is 0 Å². The molecular formula is C15H20F3NO2. The van der Waals surface area contributed by atoms with Crippen LogP contribution in [0.1, 0.15) is 38.8 Å². The lowest BCUT2D eigenvalue weighted by Crippen LogP contribution is -2.38. The third kappa shape index (κ3) is 6.51. The van der Waals surface area contributed by atoms with Crippen molar-refractivity contribution in [3.63, 3.8) is 0 Å². The average molecular weight is 303 g/mol. The number of hydrogen-bond acceptors (Lipinski definition) is 2. The number of nitrogens with one attached hydrogen (secondary N) is 1. The molecule has 118 valence electrons. The average Bonchev–Trinajstić information content (AvgIpc) is 2.25. The Labute approximate surface area is 122 Å². The van der Waals surface area contributed by atoms with Crippen molar-refractivity contribution in [1.82, 2.24) is 5.32 Å². The number of alkyl halides is 3. The maximum absolute atomic E-state index is 12.4. The minimum absolute atomic E-state index is 0.239. The van der Waals surface area contributed by atoms with Gasteiger partial charge in [-0.25, -0.2) is 4.79 Å². The summed E-state index contributed by atoms with van der Waals surface area (Å²) in [7, 11) is 0. The van der Waals surface area contributed by atoms with Crippen molar-refractivity contribution in [3.8, 4) is 0 Å². The monoisotopic (exact) mass is 303 g/mol. The maximum atomic E-state index is 12.4. The summed E-state index contributed by atoms with van der Waals surface area (Å²) in [5.74, 6) is 0. The zero-order chi connectivity index (χ0) is 16.3. The van der Waals surface area contributed by atoms with Gasteiger partial charge in [-0.2, -0.15) is 13.2 Å². The van der Waals surface area contributed by atoms with Crippen LogP contribution in [0.25, 0.3) is 0 Å². The van der Waals surface area contributed by atoms with Gasteiger partial charge in [0.15, 0.2) is 0 Å². The van der Waals surface area contributed by atoms with Crippen molar-refractivity contribution >= 4 is 6.09 Å². The second-order valence-electron chi connectivity index (χ2n) is 5.95. The Bertz CT molecular complexity index is 475. The van der Waals surface area contributed by atoms with Gasteiger partial charge in [-0.15, -0.1) is 0 Å². The molecule has 1 atom stereocenters. The molecule has 3 nitrogen and oxygen atoms in total. The SMILES string of the molecule is CC(Cc1ccc(C(F)(F)F)cc1)NC(=O)OC(C)(C)C. The van der Waals surface area contributed by atoms with Crippen LogP contribution in [0.15, 0.2) is 24.3 Å². The molecule has 0 aliphatic carbocycles. The lowest BCUT2D eigenvalue weighted by atomic mass is 10.1. The number of rotatable bonds is 3. The van der Waals surface area contributed by atoms with Crippen LogP contribution in [0.2, 0.25) is 0 Å². The smallest absolute Gasteiger partial charge is 0.416 e. The summed E-state index contributed by atoms with van der Waals surface area (Å²) in [5.41, 5.74) is -0.552. The number of hydrogen-bond donors (Lipinski definition) is 1. The summed E-state index contributed by atoms with van der Waals surface area (Å²) in [5, 5.41) is 2.65. The molecule has 0 saturated heterocycles. The third-order valence-electron chi connectivity index (χ3n) is 2.59. The second-order valence-corrected chi connectivity index (χ2v) is 5.95. The Balaban J connectivity index is 2.55. The minimum atomic E-state index is -4.33. The van der Waals surface area contributed by atoms with Gasteiger partial charge < -0.3 is 10.1 Å². The highest BCUT2D eigenvalue weighted by Crippen LogP contribution is 2.29. The van der Waals surface area contributed by atoms with Crippen LogP contribution in [0, 0.1) is 0 Å². The van der Waals surface area contributed by atoms with E-state index in [0.29, 0.717) is 12.0 Å². The molecule has 0 aliphatic rings. The molecule has 0 aliphatic heterocycles. The quantitative estimate of drug-likeness (QED) is 0.910. The highest BCUT2D eigenvalue weighted by atomic mass is 19.4. The Hall–Kier alpha value is -1.72. The molecule has 0 spiro atoms. The van der Waals surface area contributed by atoms with Gasteiger partial charge in [-0.05, 0) is 51.8 Å². The van der Waals surface area contributed by atoms with Crippen molar-refractivity contribution < 1.29 is 22.7 Å². The van der Waals surface area contributed by atoms with Gasteiger partial charge >= 0.3 is 12.3 Å². The molecule has 0 saturated carbocycles. The van der Waals surface area contributed by atoms with Gasteiger partial charge in [0.1, 0.15) is 5.60 Å². The van der Waals surface area contributed by atoms with E-state index in [0.717, 1.165) is 12.1 Å². The molecular weight excluding hydrogens is 283 g/mol. The molecule has 1 unspecified atom stereocenters. The fraction of sp³-hybridized carbons (Fsp3) is 0.533. The molecule has 1 amide bonds. The first kappa shape index (κ1) is 17.3. The van der Waals surface area contributed by atoms with Crippen LogP contribution >= 0.6 is 0 Å². The number of amides is 1. The van der Waals surface area contributed by atoms with E-state index in [4.69, 9.17) is 4.74 Å². The van der Waals surface area contributed by atoms with Crippen LogP contribution in [0.4, 0.5) is 18.0 Å². The molecule has 1 aromatic rings. The third-order valence-corrected chi connectivity index (χ3v) is 2.59. The Kier molecular flexibility index (Phi) is 5.25. The van der Waals surface area contributed by atoms with Crippen LogP contribution in [0.5, 0.6) is 0 Å². The standard InChI is InChI=1S/C15H20F3NO2/c1-10(19-13(20)21-14(2,3)4)9-11-5-7-12(8-6-11)15(16,17)18/h5-8,10H,9H2,1-4H3,(H,19,20). The number of ether oxygens (including phenoxy) is 1. The second kappa shape index (κ2) is 6.37. The van der Waals surface area contributed by atoms with Crippen LogP contribution in [-0.4, -0.2) is 17.7 Å². The number of carbonyl (C=O) groups is 1. The number of benzene rings is 1. The molecule has 0 bridgehead atoms. The number of halogens is 3. The largest absolute Gasteiger partial charge is 0.444 e. The number of alkyl carbamates (subject to hydrolysis) is 1. The van der Waals surface area contributed by atoms with Gasteiger partial charge in [0.2, 0.25) is 0 Å². The van der Waals surface area contributed by atoms with E-state index in [9.17, 15) is 18.0 Å². The molecule has 0 heterocycles. The summed E-state index contributed by atoms with van der Waals surface area (Å²) >= 11 is 0. The maximum Gasteiger partial charge on any atom is 0.416 e. The van der Waals surface area contributed by atoms with Gasteiger partial charge in [0.25, 0.3) is 0 Å². The first-order valence-corrected chi connectivity index (χ1v) is 6.63. The predicted molar refractivity (Wildman–Crippen MR) is 74.0 cm³/mol. The van der Waals surface area contributed by atoms with Gasteiger partial charge in [-0.1, -0.05) is 12.1 Å². The lowest BCUT2D eigenvalue weighted by molar-refractivity contribution is -0.137. The fourth-order valence-electron chi connectivity index (χ4n) is 1.74. The zero-order valence-electron chi connectivity index (χ0n) is 12.5. The van der Waals surface area contributed by atoms with Gasteiger partial charge in [0.05, 0.1) is 5.56 Å². The molecule has 0 radical (unpaired) electrons. The summed E-state index contributed by atoms with van der Waals surface area (Å²) < 4.78 is 42.4. The summed E-state index contributed by atoms with van der Waals surface area (Å²) in [6.07, 6.45) is -4.45. The molecule has 1 N–H and O–H groups in total. The Morgan fingerprint density at radius 1 is 1.19 bits per heavy atom. The summed E-state index contributed by atoms with van der Waals surface area (Å²) in [6, 6.07) is 4.66. The Morgan fingerprint density at radius 3 is 2.14 bits per heavy atom. The molecule has 1 aromatic carbocycles. The van der Waals surface area contributed by atoms with E-state index < -0.39 is 23.4 Å².